The molecule has 6 nitrogen and oxygen atoms in total. The number of methoxy groups -OCH3 is 1. The van der Waals surface area contributed by atoms with Gasteiger partial charge in [0.2, 0.25) is 11.8 Å². The maximum atomic E-state index is 12.2. The van der Waals surface area contributed by atoms with Crippen LogP contribution in [0.1, 0.15) is 18.4 Å². The van der Waals surface area contributed by atoms with Gasteiger partial charge in [0.1, 0.15) is 11.5 Å². The van der Waals surface area contributed by atoms with Crippen LogP contribution < -0.4 is 14.8 Å². The van der Waals surface area contributed by atoms with Crippen molar-refractivity contribution in [3.63, 3.8) is 0 Å². The van der Waals surface area contributed by atoms with E-state index in [4.69, 9.17) is 9.47 Å². The van der Waals surface area contributed by atoms with Gasteiger partial charge in [0, 0.05) is 23.6 Å². The van der Waals surface area contributed by atoms with Gasteiger partial charge in [-0.05, 0) is 61.4 Å². The SMILES string of the molecule is COc1ccc(OCCCC(=O)N(C)CC(=O)Nc2ccc(Br)cc2C)cc1. The second kappa shape index (κ2) is 10.7. The maximum absolute atomic E-state index is 12.2. The summed E-state index contributed by atoms with van der Waals surface area (Å²) in [6, 6.07) is 12.9. The van der Waals surface area contributed by atoms with Crippen LogP contribution >= 0.6 is 15.9 Å². The van der Waals surface area contributed by atoms with E-state index in [2.05, 4.69) is 21.2 Å². The number of rotatable bonds is 9. The molecule has 0 heterocycles. The Balaban J connectivity index is 1.70. The summed E-state index contributed by atoms with van der Waals surface area (Å²) in [5.41, 5.74) is 1.69. The number of amides is 2. The van der Waals surface area contributed by atoms with Gasteiger partial charge in [0.05, 0.1) is 20.3 Å². The van der Waals surface area contributed by atoms with Crippen molar-refractivity contribution >= 4 is 33.4 Å². The van der Waals surface area contributed by atoms with Gasteiger partial charge in [-0.3, -0.25) is 9.59 Å². The Kier molecular flexibility index (Phi) is 8.32. The summed E-state index contributed by atoms with van der Waals surface area (Å²) in [5.74, 6) is 1.17. The Morgan fingerprint density at radius 2 is 1.79 bits per heavy atom. The number of nitrogens with zero attached hydrogens (tertiary/aromatic N) is 1. The molecule has 0 aliphatic rings. The Bertz CT molecular complexity index is 809. The van der Waals surface area contributed by atoms with Crippen molar-refractivity contribution < 1.29 is 19.1 Å². The van der Waals surface area contributed by atoms with Crippen molar-refractivity contribution in [3.05, 3.63) is 52.5 Å². The zero-order valence-electron chi connectivity index (χ0n) is 16.3. The number of likely N-dealkylation sites (N-methyl/N-ethyl adjacent to an activating group) is 1. The third-order valence-electron chi connectivity index (χ3n) is 4.13. The van der Waals surface area contributed by atoms with E-state index < -0.39 is 0 Å². The van der Waals surface area contributed by atoms with E-state index in [9.17, 15) is 9.59 Å². The number of halogens is 1. The minimum Gasteiger partial charge on any atom is -0.497 e. The van der Waals surface area contributed by atoms with Crippen LogP contribution in [-0.4, -0.2) is 44.0 Å². The number of ether oxygens (including phenoxy) is 2. The molecule has 28 heavy (non-hydrogen) atoms. The average Bonchev–Trinajstić information content (AvgIpc) is 2.67. The van der Waals surface area contributed by atoms with E-state index in [1.807, 2.05) is 49.4 Å². The van der Waals surface area contributed by atoms with Crippen LogP contribution in [-0.2, 0) is 9.59 Å². The number of hydrogen-bond acceptors (Lipinski definition) is 4. The fourth-order valence-corrected chi connectivity index (χ4v) is 3.01. The van der Waals surface area contributed by atoms with Crippen LogP contribution in [0.3, 0.4) is 0 Å². The molecule has 7 heteroatoms. The first kappa shape index (κ1) is 21.8. The highest BCUT2D eigenvalue weighted by molar-refractivity contribution is 9.10. The van der Waals surface area contributed by atoms with Crippen molar-refractivity contribution in [2.24, 2.45) is 0 Å². The van der Waals surface area contributed by atoms with Gasteiger partial charge >= 0.3 is 0 Å². The molecular formula is C21H25BrN2O4. The normalized spacial score (nSPS) is 10.3. The summed E-state index contributed by atoms with van der Waals surface area (Å²) in [7, 11) is 3.24. The van der Waals surface area contributed by atoms with E-state index in [1.165, 1.54) is 4.90 Å². The van der Waals surface area contributed by atoms with Crippen molar-refractivity contribution in [1.82, 2.24) is 4.90 Å². The van der Waals surface area contributed by atoms with Crippen molar-refractivity contribution in [2.75, 3.05) is 32.6 Å². The minimum absolute atomic E-state index is 0.00761. The molecule has 0 fully saturated rings. The summed E-state index contributed by atoms with van der Waals surface area (Å²) in [5, 5.41) is 2.83. The summed E-state index contributed by atoms with van der Waals surface area (Å²) in [4.78, 5) is 25.8. The lowest BCUT2D eigenvalue weighted by Crippen LogP contribution is -2.35. The molecule has 0 radical (unpaired) electrons. The maximum Gasteiger partial charge on any atom is 0.243 e. The molecule has 0 atom stereocenters. The molecule has 0 unspecified atom stereocenters. The number of anilines is 1. The Hall–Kier alpha value is -2.54. The van der Waals surface area contributed by atoms with Crippen LogP contribution in [0.15, 0.2) is 46.9 Å². The second-order valence-electron chi connectivity index (χ2n) is 6.38. The quantitative estimate of drug-likeness (QED) is 0.588. The Morgan fingerprint density at radius 3 is 2.43 bits per heavy atom. The minimum atomic E-state index is -0.226. The van der Waals surface area contributed by atoms with Gasteiger partial charge in [0.25, 0.3) is 0 Å². The zero-order chi connectivity index (χ0) is 20.5. The third kappa shape index (κ3) is 6.88. The van der Waals surface area contributed by atoms with Crippen LogP contribution in [0, 0.1) is 6.92 Å². The molecule has 0 aliphatic carbocycles. The van der Waals surface area contributed by atoms with E-state index in [1.54, 1.807) is 14.2 Å². The molecule has 0 spiro atoms. The number of aryl methyl sites for hydroxylation is 1. The zero-order valence-corrected chi connectivity index (χ0v) is 17.9. The Labute approximate surface area is 174 Å². The summed E-state index contributed by atoms with van der Waals surface area (Å²) in [6.07, 6.45) is 0.889. The monoisotopic (exact) mass is 448 g/mol. The molecule has 0 aromatic heterocycles. The first-order valence-corrected chi connectivity index (χ1v) is 9.75. The van der Waals surface area contributed by atoms with Crippen LogP contribution in [0.2, 0.25) is 0 Å². The molecule has 0 saturated heterocycles. The lowest BCUT2D eigenvalue weighted by Gasteiger charge is -2.17. The molecule has 2 rings (SSSR count). The van der Waals surface area contributed by atoms with E-state index in [0.717, 1.165) is 27.2 Å². The largest absolute Gasteiger partial charge is 0.497 e. The molecule has 2 aromatic rings. The first-order valence-electron chi connectivity index (χ1n) is 8.96. The van der Waals surface area contributed by atoms with Gasteiger partial charge < -0.3 is 19.7 Å². The van der Waals surface area contributed by atoms with Crippen molar-refractivity contribution in [3.8, 4) is 11.5 Å². The molecule has 0 saturated carbocycles. The highest BCUT2D eigenvalue weighted by atomic mass is 79.9. The number of nitrogens with one attached hydrogen (secondary N) is 1. The first-order chi connectivity index (χ1) is 13.4. The number of hydrogen-bond donors (Lipinski definition) is 1. The predicted molar refractivity (Wildman–Crippen MR) is 113 cm³/mol. The molecular weight excluding hydrogens is 424 g/mol. The summed E-state index contributed by atoms with van der Waals surface area (Å²) < 4.78 is 11.7. The molecule has 2 aromatic carbocycles. The second-order valence-corrected chi connectivity index (χ2v) is 7.30. The van der Waals surface area contributed by atoms with Crippen molar-refractivity contribution in [2.45, 2.75) is 19.8 Å². The van der Waals surface area contributed by atoms with Crippen molar-refractivity contribution in [1.29, 1.82) is 0 Å². The summed E-state index contributed by atoms with van der Waals surface area (Å²) in [6.45, 7) is 2.35. The standard InChI is InChI=1S/C21H25BrN2O4/c1-15-13-16(22)6-11-19(15)23-20(25)14-24(2)21(26)5-4-12-28-18-9-7-17(27-3)8-10-18/h6-11,13H,4-5,12,14H2,1-3H3,(H,23,25). The van der Waals surface area contributed by atoms with Gasteiger partial charge in [-0.25, -0.2) is 0 Å². The number of benzene rings is 2. The van der Waals surface area contributed by atoms with E-state index >= 15 is 0 Å². The lowest BCUT2D eigenvalue weighted by atomic mass is 10.2. The fourth-order valence-electron chi connectivity index (χ4n) is 2.54. The van der Waals surface area contributed by atoms with Gasteiger partial charge in [0.15, 0.2) is 0 Å². The summed E-state index contributed by atoms with van der Waals surface area (Å²) >= 11 is 3.39. The highest BCUT2D eigenvalue weighted by Gasteiger charge is 2.13. The number of carbonyl (C=O) groups is 2. The van der Waals surface area contributed by atoms with Crippen LogP contribution in [0.4, 0.5) is 5.69 Å². The lowest BCUT2D eigenvalue weighted by molar-refractivity contribution is -0.133. The third-order valence-corrected chi connectivity index (χ3v) is 4.63. The van der Waals surface area contributed by atoms with Crippen LogP contribution in [0.5, 0.6) is 11.5 Å². The Morgan fingerprint density at radius 1 is 1.11 bits per heavy atom. The topological polar surface area (TPSA) is 67.9 Å². The molecule has 150 valence electrons. The predicted octanol–water partition coefficient (Wildman–Crippen LogP) is 4.02. The molecule has 2 amide bonds. The smallest absolute Gasteiger partial charge is 0.243 e. The average molecular weight is 449 g/mol. The number of carbonyl (C=O) groups excluding carboxylic acids is 2. The van der Waals surface area contributed by atoms with Crippen LogP contribution in [0.25, 0.3) is 0 Å². The van der Waals surface area contributed by atoms with Gasteiger partial charge in [-0.2, -0.15) is 0 Å². The fraction of sp³-hybridized carbons (Fsp3) is 0.333. The van der Waals surface area contributed by atoms with Gasteiger partial charge in [-0.1, -0.05) is 15.9 Å². The highest BCUT2D eigenvalue weighted by Crippen LogP contribution is 2.20. The molecule has 0 aliphatic heterocycles. The van der Waals surface area contributed by atoms with E-state index in [-0.39, 0.29) is 18.4 Å². The molecule has 1 N–H and O–H groups in total. The van der Waals surface area contributed by atoms with Gasteiger partial charge in [-0.15, -0.1) is 0 Å². The molecule has 0 bridgehead atoms. The van der Waals surface area contributed by atoms with E-state index in [0.29, 0.717) is 19.4 Å².